The lowest BCUT2D eigenvalue weighted by Gasteiger charge is -2.32. The van der Waals surface area contributed by atoms with Gasteiger partial charge in [-0.2, -0.15) is 0 Å². The first-order valence-electron chi connectivity index (χ1n) is 10.0. The normalized spacial score (nSPS) is 35.8. The van der Waals surface area contributed by atoms with Crippen molar-refractivity contribution in [2.24, 2.45) is 0 Å². The molecule has 0 saturated carbocycles. The molecular formula is C16H24BNO3. The topological polar surface area (TPSA) is 30.9 Å². The zero-order valence-corrected chi connectivity index (χ0v) is 12.8. The lowest BCUT2D eigenvalue weighted by molar-refractivity contribution is 0.00578. The summed E-state index contributed by atoms with van der Waals surface area (Å²) in [7, 11) is -0.657. The Morgan fingerprint density at radius 1 is 1.14 bits per heavy atom. The summed E-state index contributed by atoms with van der Waals surface area (Å²) in [6, 6.07) is 6.71. The highest BCUT2D eigenvalue weighted by Gasteiger charge is 2.51. The standard InChI is InChI=1S/C16H24BNO3/c1-15(2)16(3,4)21-17(20-15)13-6-5-7-14(12-13)18-8-10-19-11-9-18/h5-7,12H,8-11H2,1-4H3/i8D2,10D2,11D2. The van der Waals surface area contributed by atoms with Gasteiger partial charge >= 0.3 is 7.12 Å². The van der Waals surface area contributed by atoms with E-state index in [0.29, 0.717) is 11.2 Å². The van der Waals surface area contributed by atoms with Crippen LogP contribution in [0, 0.1) is 0 Å². The number of anilines is 1. The second kappa shape index (κ2) is 5.31. The van der Waals surface area contributed by atoms with E-state index >= 15 is 0 Å². The van der Waals surface area contributed by atoms with Crippen molar-refractivity contribution in [3.05, 3.63) is 24.3 Å². The van der Waals surface area contributed by atoms with E-state index < -0.39 is 44.5 Å². The molecule has 2 saturated heterocycles. The van der Waals surface area contributed by atoms with Gasteiger partial charge in [0.2, 0.25) is 0 Å². The molecule has 2 aliphatic heterocycles. The van der Waals surface area contributed by atoms with Crippen molar-refractivity contribution in [2.75, 3.05) is 31.1 Å². The van der Waals surface area contributed by atoms with Crippen LogP contribution in [-0.4, -0.2) is 44.5 Å². The van der Waals surface area contributed by atoms with Crippen LogP contribution in [0.3, 0.4) is 0 Å². The van der Waals surface area contributed by atoms with Crippen LogP contribution in [0.4, 0.5) is 5.69 Å². The Bertz CT molecular complexity index is 727. The Balaban J connectivity index is 1.96. The number of benzene rings is 1. The number of nitrogens with zero attached hydrogens (tertiary/aromatic N) is 1. The first-order chi connectivity index (χ1) is 12.1. The minimum absolute atomic E-state index is 0.322. The first kappa shape index (κ1) is 9.18. The highest BCUT2D eigenvalue weighted by Crippen LogP contribution is 2.36. The molecule has 21 heavy (non-hydrogen) atoms. The third-order valence-corrected chi connectivity index (χ3v) is 4.23. The smallest absolute Gasteiger partial charge is 0.399 e. The van der Waals surface area contributed by atoms with Crippen LogP contribution in [0.1, 0.15) is 35.9 Å². The van der Waals surface area contributed by atoms with E-state index in [1.165, 1.54) is 0 Å². The predicted octanol–water partition coefficient (Wildman–Crippen LogP) is 1.82. The number of morpholine rings is 1. The van der Waals surface area contributed by atoms with E-state index in [1.54, 1.807) is 24.3 Å². The van der Waals surface area contributed by atoms with E-state index in [2.05, 4.69) is 0 Å². The molecule has 4 nitrogen and oxygen atoms in total. The van der Waals surface area contributed by atoms with Crippen LogP contribution in [0.25, 0.3) is 0 Å². The molecular weight excluding hydrogens is 265 g/mol. The van der Waals surface area contributed by atoms with Crippen molar-refractivity contribution < 1.29 is 22.3 Å². The van der Waals surface area contributed by atoms with Crippen LogP contribution < -0.4 is 10.4 Å². The van der Waals surface area contributed by atoms with Crippen molar-refractivity contribution in [3.8, 4) is 0 Å². The van der Waals surface area contributed by atoms with Crippen molar-refractivity contribution in [2.45, 2.75) is 38.9 Å². The Morgan fingerprint density at radius 2 is 1.86 bits per heavy atom. The largest absolute Gasteiger partial charge is 0.494 e. The van der Waals surface area contributed by atoms with Gasteiger partial charge in [-0.25, -0.2) is 0 Å². The summed E-state index contributed by atoms with van der Waals surface area (Å²) >= 11 is 0. The molecule has 114 valence electrons. The maximum Gasteiger partial charge on any atom is 0.494 e. The zero-order chi connectivity index (χ0) is 20.5. The summed E-state index contributed by atoms with van der Waals surface area (Å²) in [4.78, 5) is 1.05. The molecule has 0 radical (unpaired) electrons. The maximum atomic E-state index is 8.17. The van der Waals surface area contributed by atoms with Crippen molar-refractivity contribution in [1.82, 2.24) is 0 Å². The van der Waals surface area contributed by atoms with Gasteiger partial charge in [0.25, 0.3) is 0 Å². The number of hydrogen-bond acceptors (Lipinski definition) is 4. The Labute approximate surface area is 135 Å². The summed E-state index contributed by atoms with van der Waals surface area (Å²) in [6.07, 6.45) is 0. The molecule has 1 aromatic rings. The molecule has 0 unspecified atom stereocenters. The SMILES string of the molecule is [2H]C1([2H])CN(c2cccc(B3OC(C)(C)C(C)(C)O3)c2)C([2H])([2H])C([2H])([2H])O1. The molecule has 0 atom stereocenters. The molecule has 0 spiro atoms. The van der Waals surface area contributed by atoms with Crippen molar-refractivity contribution >= 4 is 18.3 Å². The van der Waals surface area contributed by atoms with Gasteiger partial charge < -0.3 is 18.9 Å². The summed E-state index contributed by atoms with van der Waals surface area (Å²) < 4.78 is 64.4. The second-order valence-corrected chi connectivity index (χ2v) is 6.23. The maximum absolute atomic E-state index is 8.17. The van der Waals surface area contributed by atoms with E-state index in [4.69, 9.17) is 22.3 Å². The van der Waals surface area contributed by atoms with Gasteiger partial charge in [-0.3, -0.25) is 0 Å². The molecule has 0 bridgehead atoms. The average Bonchev–Trinajstić information content (AvgIpc) is 2.71. The fourth-order valence-corrected chi connectivity index (χ4v) is 2.22. The highest BCUT2D eigenvalue weighted by molar-refractivity contribution is 6.62. The van der Waals surface area contributed by atoms with Gasteiger partial charge in [0.05, 0.1) is 32.5 Å². The molecule has 2 fully saturated rings. The molecule has 0 aromatic heterocycles. The van der Waals surface area contributed by atoms with Crippen LogP contribution in [0.2, 0.25) is 0 Å². The van der Waals surface area contributed by atoms with Gasteiger partial charge in [0.15, 0.2) is 0 Å². The van der Waals surface area contributed by atoms with Gasteiger partial charge in [-0.05, 0) is 45.3 Å². The van der Waals surface area contributed by atoms with E-state index in [1.807, 2.05) is 27.7 Å². The fourth-order valence-electron chi connectivity index (χ4n) is 2.22. The van der Waals surface area contributed by atoms with Gasteiger partial charge in [-0.1, -0.05) is 12.1 Å². The zero-order valence-electron chi connectivity index (χ0n) is 18.8. The van der Waals surface area contributed by atoms with Crippen LogP contribution in [-0.2, 0) is 14.0 Å². The molecule has 2 aliphatic rings. The van der Waals surface area contributed by atoms with E-state index in [0.717, 1.165) is 4.90 Å². The molecule has 0 N–H and O–H groups in total. The Kier molecular flexibility index (Phi) is 2.32. The van der Waals surface area contributed by atoms with E-state index in [9.17, 15) is 0 Å². The third kappa shape index (κ3) is 2.82. The summed E-state index contributed by atoms with van der Waals surface area (Å²) in [6.45, 7) is -0.452. The van der Waals surface area contributed by atoms with Crippen LogP contribution >= 0.6 is 0 Å². The summed E-state index contributed by atoms with van der Waals surface area (Å²) in [5, 5.41) is 0. The molecule has 2 heterocycles. The lowest BCUT2D eigenvalue weighted by Crippen LogP contribution is -2.41. The monoisotopic (exact) mass is 295 g/mol. The molecule has 0 aliphatic carbocycles. The van der Waals surface area contributed by atoms with Gasteiger partial charge in [0, 0.05) is 18.7 Å². The lowest BCUT2D eigenvalue weighted by atomic mass is 9.79. The molecule has 3 rings (SSSR count). The number of hydrogen-bond donors (Lipinski definition) is 0. The van der Waals surface area contributed by atoms with Gasteiger partial charge in [0.1, 0.15) is 0 Å². The number of ether oxygens (including phenoxy) is 1. The first-order valence-corrected chi connectivity index (χ1v) is 7.01. The average molecular weight is 295 g/mol. The van der Waals surface area contributed by atoms with E-state index in [-0.39, 0.29) is 0 Å². The van der Waals surface area contributed by atoms with Crippen LogP contribution in [0.15, 0.2) is 24.3 Å². The van der Waals surface area contributed by atoms with Crippen LogP contribution in [0.5, 0.6) is 0 Å². The molecule has 5 heteroatoms. The Hall–Kier alpha value is -1.04. The summed E-state index contributed by atoms with van der Waals surface area (Å²) in [5.74, 6) is 0. The molecule has 0 amide bonds. The van der Waals surface area contributed by atoms with Gasteiger partial charge in [-0.15, -0.1) is 0 Å². The molecule has 1 aromatic carbocycles. The highest BCUT2D eigenvalue weighted by atomic mass is 16.7. The number of rotatable bonds is 2. The quantitative estimate of drug-likeness (QED) is 0.779. The minimum Gasteiger partial charge on any atom is -0.399 e. The minimum atomic E-state index is -2.82. The summed E-state index contributed by atoms with van der Waals surface area (Å²) in [5.41, 5.74) is -0.0928. The predicted molar refractivity (Wildman–Crippen MR) is 85.2 cm³/mol. The van der Waals surface area contributed by atoms with Crippen molar-refractivity contribution in [1.29, 1.82) is 0 Å². The van der Waals surface area contributed by atoms with Crippen molar-refractivity contribution in [3.63, 3.8) is 0 Å². The third-order valence-electron chi connectivity index (χ3n) is 4.23. The fraction of sp³-hybridized carbons (Fsp3) is 0.625. The Morgan fingerprint density at radius 3 is 2.57 bits per heavy atom. The second-order valence-electron chi connectivity index (χ2n) is 6.23.